The molecule has 5 fully saturated rings. The number of amides is 1. The van der Waals surface area contributed by atoms with Crippen LogP contribution in [0.3, 0.4) is 0 Å². The van der Waals surface area contributed by atoms with Gasteiger partial charge in [-0.15, -0.1) is 13.2 Å². The Labute approximate surface area is 185 Å². The summed E-state index contributed by atoms with van der Waals surface area (Å²) < 4.78 is 70.8. The molecule has 0 spiro atoms. The van der Waals surface area contributed by atoms with E-state index in [4.69, 9.17) is 0 Å². The number of carbonyl (C=O) groups excluding carboxylic acids is 1. The molecule has 6 rings (SSSR count). The van der Waals surface area contributed by atoms with E-state index in [9.17, 15) is 26.4 Å². The van der Waals surface area contributed by atoms with E-state index in [1.54, 1.807) is 0 Å². The van der Waals surface area contributed by atoms with Gasteiger partial charge in [0, 0.05) is 5.54 Å². The highest BCUT2D eigenvalue weighted by Crippen LogP contribution is 2.56. The Morgan fingerprint density at radius 2 is 1.56 bits per heavy atom. The first-order valence-electron chi connectivity index (χ1n) is 11.2. The number of alkyl halides is 3. The first-order chi connectivity index (χ1) is 15.0. The summed E-state index contributed by atoms with van der Waals surface area (Å²) in [6.45, 7) is 0. The summed E-state index contributed by atoms with van der Waals surface area (Å²) in [6.07, 6.45) is 2.67. The second-order valence-corrected chi connectivity index (χ2v) is 11.8. The van der Waals surface area contributed by atoms with Crippen LogP contribution in [0.1, 0.15) is 57.8 Å². The van der Waals surface area contributed by atoms with Crippen molar-refractivity contribution in [2.45, 2.75) is 80.1 Å². The van der Waals surface area contributed by atoms with Crippen molar-refractivity contribution in [3.8, 4) is 5.75 Å². The average molecular weight is 473 g/mol. The number of rotatable bonds is 6. The molecular weight excluding hydrogens is 445 g/mol. The summed E-state index contributed by atoms with van der Waals surface area (Å²) in [5.41, 5.74) is -1.62. The maximum atomic E-state index is 13.4. The summed E-state index contributed by atoms with van der Waals surface area (Å²) in [5.74, 6) is 0.665. The summed E-state index contributed by atoms with van der Waals surface area (Å²) in [5, 5.41) is 3.22. The predicted octanol–water partition coefficient (Wildman–Crippen LogP) is 3.87. The molecule has 0 saturated heterocycles. The van der Waals surface area contributed by atoms with Crippen LogP contribution in [0.25, 0.3) is 0 Å². The smallest absolute Gasteiger partial charge is 0.404 e. The Bertz CT molecular complexity index is 985. The van der Waals surface area contributed by atoms with Crippen LogP contribution in [-0.4, -0.2) is 31.8 Å². The highest BCUT2D eigenvalue weighted by molar-refractivity contribution is 7.89. The fourth-order valence-corrected chi connectivity index (χ4v) is 8.28. The van der Waals surface area contributed by atoms with E-state index < -0.39 is 32.6 Å². The SMILES string of the molecule is O=C(NC12CC3CC(CC(C3)C1)C2)C1(NS(=O)(=O)c2ccccc2OC(F)(F)F)CCC1. The largest absolute Gasteiger partial charge is 0.573 e. The molecule has 1 aromatic rings. The second-order valence-electron chi connectivity index (χ2n) is 10.2. The molecule has 5 aliphatic rings. The van der Waals surface area contributed by atoms with Crippen molar-refractivity contribution >= 4 is 15.9 Å². The van der Waals surface area contributed by atoms with Crippen LogP contribution >= 0.6 is 0 Å². The summed E-state index contributed by atoms with van der Waals surface area (Å²) >= 11 is 0. The van der Waals surface area contributed by atoms with Crippen LogP contribution in [-0.2, 0) is 14.8 Å². The molecule has 1 amide bonds. The molecule has 1 aromatic carbocycles. The van der Waals surface area contributed by atoms with Gasteiger partial charge in [0.05, 0.1) is 0 Å². The Hall–Kier alpha value is -1.81. The van der Waals surface area contributed by atoms with Gasteiger partial charge in [0.2, 0.25) is 15.9 Å². The van der Waals surface area contributed by atoms with Crippen molar-refractivity contribution in [3.63, 3.8) is 0 Å². The minimum absolute atomic E-state index is 0.281. The van der Waals surface area contributed by atoms with E-state index in [1.807, 2.05) is 0 Å². The lowest BCUT2D eigenvalue weighted by Gasteiger charge is -2.57. The molecule has 2 N–H and O–H groups in total. The van der Waals surface area contributed by atoms with E-state index >= 15 is 0 Å². The number of sulfonamides is 1. The van der Waals surface area contributed by atoms with E-state index in [-0.39, 0.29) is 11.4 Å². The van der Waals surface area contributed by atoms with Crippen molar-refractivity contribution in [2.24, 2.45) is 17.8 Å². The van der Waals surface area contributed by atoms with Crippen LogP contribution in [0.4, 0.5) is 13.2 Å². The number of halogens is 3. The molecule has 10 heteroatoms. The lowest BCUT2D eigenvalue weighted by Crippen LogP contribution is -2.68. The molecule has 0 unspecified atom stereocenters. The Kier molecular flexibility index (Phi) is 5.05. The molecule has 0 aliphatic heterocycles. The van der Waals surface area contributed by atoms with E-state index in [2.05, 4.69) is 14.8 Å². The van der Waals surface area contributed by atoms with Crippen LogP contribution in [0, 0.1) is 17.8 Å². The third-order valence-corrected chi connectivity index (χ3v) is 9.33. The lowest BCUT2D eigenvalue weighted by molar-refractivity contribution is -0.275. The summed E-state index contributed by atoms with van der Waals surface area (Å²) in [6, 6.07) is 4.58. The first-order valence-corrected chi connectivity index (χ1v) is 12.7. The van der Waals surface area contributed by atoms with Gasteiger partial charge in [-0.2, -0.15) is 4.72 Å². The zero-order chi connectivity index (χ0) is 22.8. The Balaban J connectivity index is 1.37. The van der Waals surface area contributed by atoms with E-state index in [1.165, 1.54) is 31.4 Å². The van der Waals surface area contributed by atoms with Crippen LogP contribution in [0.15, 0.2) is 29.2 Å². The third kappa shape index (κ3) is 4.00. The van der Waals surface area contributed by atoms with Gasteiger partial charge in [-0.25, -0.2) is 8.42 Å². The van der Waals surface area contributed by atoms with Gasteiger partial charge in [0.25, 0.3) is 0 Å². The first kappa shape index (κ1) is 22.0. The molecule has 32 heavy (non-hydrogen) atoms. The van der Waals surface area contributed by atoms with Gasteiger partial charge in [-0.1, -0.05) is 12.1 Å². The molecule has 0 atom stereocenters. The third-order valence-electron chi connectivity index (χ3n) is 7.75. The van der Waals surface area contributed by atoms with E-state index in [0.717, 1.165) is 31.4 Å². The van der Waals surface area contributed by atoms with Gasteiger partial charge < -0.3 is 10.1 Å². The number of carbonyl (C=O) groups is 1. The number of hydrogen-bond donors (Lipinski definition) is 2. The van der Waals surface area contributed by atoms with Gasteiger partial charge in [0.1, 0.15) is 16.2 Å². The molecule has 176 valence electrons. The van der Waals surface area contributed by atoms with Gasteiger partial charge >= 0.3 is 6.36 Å². The molecule has 6 nitrogen and oxygen atoms in total. The van der Waals surface area contributed by atoms with Crippen molar-refractivity contribution < 1.29 is 31.1 Å². The molecule has 0 radical (unpaired) electrons. The minimum atomic E-state index is -5.03. The monoisotopic (exact) mass is 472 g/mol. The number of para-hydroxylation sites is 1. The minimum Gasteiger partial charge on any atom is -0.404 e. The number of hydrogen-bond acceptors (Lipinski definition) is 4. The fraction of sp³-hybridized carbons (Fsp3) is 0.682. The number of benzene rings is 1. The van der Waals surface area contributed by atoms with Crippen molar-refractivity contribution in [3.05, 3.63) is 24.3 Å². The van der Waals surface area contributed by atoms with Crippen LogP contribution < -0.4 is 14.8 Å². The molecule has 0 heterocycles. The second kappa shape index (κ2) is 7.35. The normalized spacial score (nSPS) is 32.9. The van der Waals surface area contributed by atoms with Crippen molar-refractivity contribution in [2.75, 3.05) is 0 Å². The van der Waals surface area contributed by atoms with Crippen LogP contribution in [0.5, 0.6) is 5.75 Å². The Morgan fingerprint density at radius 3 is 2.06 bits per heavy atom. The molecule has 0 aromatic heterocycles. The van der Waals surface area contributed by atoms with Gasteiger partial charge in [-0.05, 0) is 87.7 Å². The topological polar surface area (TPSA) is 84.5 Å². The Morgan fingerprint density at radius 1 is 1.00 bits per heavy atom. The van der Waals surface area contributed by atoms with Crippen LogP contribution in [0.2, 0.25) is 0 Å². The standard InChI is InChI=1S/C22H27F3N2O4S/c23-22(24,25)31-17-4-1-2-5-18(17)32(29,30)27-21(6-3-7-21)19(28)26-20-11-14-8-15(12-20)10-16(9-14)13-20/h1-2,4-5,14-16,27H,3,6-13H2,(H,26,28). The lowest BCUT2D eigenvalue weighted by atomic mass is 9.53. The zero-order valence-electron chi connectivity index (χ0n) is 17.6. The average Bonchev–Trinajstić information content (AvgIpc) is 2.62. The molecule has 5 saturated carbocycles. The predicted molar refractivity (Wildman–Crippen MR) is 109 cm³/mol. The fourth-order valence-electron chi connectivity index (χ4n) is 6.72. The zero-order valence-corrected chi connectivity index (χ0v) is 18.4. The number of ether oxygens (including phenoxy) is 1. The molecular formula is C22H27F3N2O4S. The highest BCUT2D eigenvalue weighted by atomic mass is 32.2. The van der Waals surface area contributed by atoms with Gasteiger partial charge in [0.15, 0.2) is 0 Å². The quantitative estimate of drug-likeness (QED) is 0.658. The highest BCUT2D eigenvalue weighted by Gasteiger charge is 2.55. The maximum Gasteiger partial charge on any atom is 0.573 e. The summed E-state index contributed by atoms with van der Waals surface area (Å²) in [4.78, 5) is 12.8. The summed E-state index contributed by atoms with van der Waals surface area (Å²) in [7, 11) is -4.43. The van der Waals surface area contributed by atoms with Crippen molar-refractivity contribution in [1.29, 1.82) is 0 Å². The van der Waals surface area contributed by atoms with Gasteiger partial charge in [-0.3, -0.25) is 4.79 Å². The molecule has 4 bridgehead atoms. The molecule has 5 aliphatic carbocycles. The maximum absolute atomic E-state index is 13.4. The number of nitrogens with one attached hydrogen (secondary N) is 2. The van der Waals surface area contributed by atoms with E-state index in [0.29, 0.717) is 37.0 Å². The van der Waals surface area contributed by atoms with Crippen molar-refractivity contribution in [1.82, 2.24) is 10.0 Å².